The quantitative estimate of drug-likeness (QED) is 0.389. The van der Waals surface area contributed by atoms with Gasteiger partial charge in [-0.15, -0.1) is 0 Å². The molecule has 3 fully saturated rings. The Balaban J connectivity index is 1.44. The number of rotatable bonds is 2. The molecule has 0 N–H and O–H groups in total. The molecule has 110 valence electrons. The van der Waals surface area contributed by atoms with Crippen LogP contribution in [0.3, 0.4) is 0 Å². The highest BCUT2D eigenvalue weighted by molar-refractivity contribution is 14.1. The van der Waals surface area contributed by atoms with Crippen molar-refractivity contribution in [2.24, 2.45) is 23.7 Å². The maximum Gasteiger partial charge on any atom is 0.0110 e. The Hall–Kier alpha value is 0.730. The van der Waals surface area contributed by atoms with Crippen LogP contribution in [0.1, 0.15) is 83.5 Å². The molecule has 0 saturated heterocycles. The minimum atomic E-state index is 0.993. The van der Waals surface area contributed by atoms with Crippen LogP contribution in [0.5, 0.6) is 0 Å². The molecule has 0 unspecified atom stereocenters. The summed E-state index contributed by atoms with van der Waals surface area (Å²) in [4.78, 5) is 0. The van der Waals surface area contributed by atoms with E-state index in [4.69, 9.17) is 0 Å². The molecule has 19 heavy (non-hydrogen) atoms. The Bertz CT molecular complexity index is 253. The van der Waals surface area contributed by atoms with E-state index in [1.165, 1.54) is 32.1 Å². The van der Waals surface area contributed by atoms with Gasteiger partial charge in [0.2, 0.25) is 0 Å². The Morgan fingerprint density at radius 1 is 0.421 bits per heavy atom. The summed E-state index contributed by atoms with van der Waals surface area (Å²) in [6.45, 7) is 0. The predicted molar refractivity (Wildman–Crippen MR) is 91.8 cm³/mol. The molecule has 0 heterocycles. The summed E-state index contributed by atoms with van der Waals surface area (Å²) in [6.07, 6.45) is 20.2. The molecule has 0 atom stereocenters. The van der Waals surface area contributed by atoms with Crippen LogP contribution < -0.4 is 0 Å². The first-order valence-corrected chi connectivity index (χ1v) is 10.2. The molecule has 0 bridgehead atoms. The summed E-state index contributed by atoms with van der Waals surface area (Å²) < 4.78 is 0.993. The van der Waals surface area contributed by atoms with Crippen LogP contribution in [0.25, 0.3) is 0 Å². The van der Waals surface area contributed by atoms with E-state index in [0.717, 1.165) is 27.6 Å². The van der Waals surface area contributed by atoms with E-state index in [9.17, 15) is 0 Å². The Kier molecular flexibility index (Phi) is 5.50. The number of alkyl halides is 1. The largest absolute Gasteiger partial charge is 0.0826 e. The van der Waals surface area contributed by atoms with Gasteiger partial charge in [0.15, 0.2) is 0 Å². The molecule has 1 heteroatoms. The summed E-state index contributed by atoms with van der Waals surface area (Å²) in [5.74, 6) is 4.47. The van der Waals surface area contributed by atoms with Gasteiger partial charge in [-0.3, -0.25) is 0 Å². The van der Waals surface area contributed by atoms with E-state index in [2.05, 4.69) is 22.6 Å². The standard InChI is InChI=1S/C18H31I/c19-18-12-10-17(11-13-18)16-8-6-15(7-9-16)14-4-2-1-3-5-14/h14-18H,1-13H2. The van der Waals surface area contributed by atoms with Crippen molar-refractivity contribution >= 4 is 22.6 Å². The molecule has 3 rings (SSSR count). The lowest BCUT2D eigenvalue weighted by molar-refractivity contribution is 0.124. The third kappa shape index (κ3) is 3.89. The van der Waals surface area contributed by atoms with Crippen LogP contribution in [0.2, 0.25) is 0 Å². The summed E-state index contributed by atoms with van der Waals surface area (Å²) in [7, 11) is 0. The lowest BCUT2D eigenvalue weighted by Gasteiger charge is -2.40. The molecule has 0 spiro atoms. The zero-order chi connectivity index (χ0) is 13.1. The van der Waals surface area contributed by atoms with Crippen LogP contribution in [-0.2, 0) is 0 Å². The van der Waals surface area contributed by atoms with E-state index >= 15 is 0 Å². The second-order valence-electron chi connectivity index (χ2n) is 7.59. The molecule has 0 nitrogen and oxygen atoms in total. The SMILES string of the molecule is IC1CCC(C2CCC(C3CCCCC3)CC2)CC1. The van der Waals surface area contributed by atoms with Gasteiger partial charge < -0.3 is 0 Å². The van der Waals surface area contributed by atoms with Crippen LogP contribution in [0, 0.1) is 23.7 Å². The first-order valence-electron chi connectivity index (χ1n) is 8.97. The van der Waals surface area contributed by atoms with Gasteiger partial charge in [-0.1, -0.05) is 54.7 Å². The third-order valence-electron chi connectivity index (χ3n) is 6.50. The lowest BCUT2D eigenvalue weighted by Crippen LogP contribution is -2.28. The van der Waals surface area contributed by atoms with Crippen molar-refractivity contribution in [2.75, 3.05) is 0 Å². The van der Waals surface area contributed by atoms with Crippen molar-refractivity contribution in [2.45, 2.75) is 87.4 Å². The highest BCUT2D eigenvalue weighted by Crippen LogP contribution is 2.45. The fourth-order valence-electron chi connectivity index (χ4n) is 5.24. The molecule has 0 aliphatic heterocycles. The summed E-state index contributed by atoms with van der Waals surface area (Å²) in [6, 6.07) is 0. The van der Waals surface area contributed by atoms with Crippen LogP contribution >= 0.6 is 22.6 Å². The lowest BCUT2D eigenvalue weighted by atomic mass is 9.66. The van der Waals surface area contributed by atoms with E-state index in [1.54, 1.807) is 51.4 Å². The van der Waals surface area contributed by atoms with Gasteiger partial charge in [-0.05, 0) is 75.0 Å². The molecule has 0 radical (unpaired) electrons. The van der Waals surface area contributed by atoms with Crippen LogP contribution in [0.15, 0.2) is 0 Å². The second-order valence-corrected chi connectivity index (χ2v) is 9.35. The molecule has 0 aromatic heterocycles. The van der Waals surface area contributed by atoms with Gasteiger partial charge in [-0.25, -0.2) is 0 Å². The Labute approximate surface area is 133 Å². The molecular formula is C18H31I. The fraction of sp³-hybridized carbons (Fsp3) is 1.00. The smallest absolute Gasteiger partial charge is 0.0110 e. The Morgan fingerprint density at radius 3 is 1.26 bits per heavy atom. The minimum Gasteiger partial charge on any atom is -0.0826 e. The highest BCUT2D eigenvalue weighted by Gasteiger charge is 2.33. The van der Waals surface area contributed by atoms with E-state index in [0.29, 0.717) is 0 Å². The van der Waals surface area contributed by atoms with E-state index in [1.807, 2.05) is 0 Å². The molecular weight excluding hydrogens is 343 g/mol. The topological polar surface area (TPSA) is 0 Å². The van der Waals surface area contributed by atoms with Crippen molar-refractivity contribution in [3.63, 3.8) is 0 Å². The third-order valence-corrected chi connectivity index (χ3v) is 7.75. The van der Waals surface area contributed by atoms with Crippen molar-refractivity contribution in [3.8, 4) is 0 Å². The number of hydrogen-bond acceptors (Lipinski definition) is 0. The van der Waals surface area contributed by atoms with Gasteiger partial charge in [0.25, 0.3) is 0 Å². The van der Waals surface area contributed by atoms with Crippen LogP contribution in [0.4, 0.5) is 0 Å². The molecule has 0 aromatic rings. The summed E-state index contributed by atoms with van der Waals surface area (Å²) in [5, 5.41) is 0. The van der Waals surface area contributed by atoms with Gasteiger partial charge in [0.1, 0.15) is 0 Å². The zero-order valence-electron chi connectivity index (χ0n) is 12.5. The molecule has 3 aliphatic carbocycles. The molecule has 0 aromatic carbocycles. The number of halogens is 1. The zero-order valence-corrected chi connectivity index (χ0v) is 14.6. The molecule has 3 aliphatic rings. The average molecular weight is 374 g/mol. The highest BCUT2D eigenvalue weighted by atomic mass is 127. The normalized spacial score (nSPS) is 42.2. The Morgan fingerprint density at radius 2 is 0.789 bits per heavy atom. The fourth-order valence-corrected chi connectivity index (χ4v) is 5.96. The van der Waals surface area contributed by atoms with E-state index < -0.39 is 0 Å². The molecule has 0 amide bonds. The summed E-state index contributed by atoms with van der Waals surface area (Å²) in [5.41, 5.74) is 0. The van der Waals surface area contributed by atoms with Crippen molar-refractivity contribution in [1.29, 1.82) is 0 Å². The van der Waals surface area contributed by atoms with Crippen molar-refractivity contribution < 1.29 is 0 Å². The first-order chi connectivity index (χ1) is 9.33. The van der Waals surface area contributed by atoms with Crippen molar-refractivity contribution in [1.82, 2.24) is 0 Å². The predicted octanol–water partition coefficient (Wildman–Crippen LogP) is 6.37. The van der Waals surface area contributed by atoms with Crippen molar-refractivity contribution in [3.05, 3.63) is 0 Å². The van der Waals surface area contributed by atoms with Gasteiger partial charge in [-0.2, -0.15) is 0 Å². The van der Waals surface area contributed by atoms with Gasteiger partial charge in [0, 0.05) is 3.92 Å². The van der Waals surface area contributed by atoms with Crippen LogP contribution in [-0.4, -0.2) is 3.92 Å². The molecule has 3 saturated carbocycles. The maximum absolute atomic E-state index is 2.67. The number of hydrogen-bond donors (Lipinski definition) is 0. The monoisotopic (exact) mass is 374 g/mol. The maximum atomic E-state index is 2.67. The second kappa shape index (κ2) is 7.13. The van der Waals surface area contributed by atoms with Gasteiger partial charge in [0.05, 0.1) is 0 Å². The average Bonchev–Trinajstić information content (AvgIpc) is 2.49. The first kappa shape index (κ1) is 14.7. The minimum absolute atomic E-state index is 0.993. The van der Waals surface area contributed by atoms with E-state index in [-0.39, 0.29) is 0 Å². The van der Waals surface area contributed by atoms with Gasteiger partial charge >= 0.3 is 0 Å². The summed E-state index contributed by atoms with van der Waals surface area (Å²) >= 11 is 2.67.